The van der Waals surface area contributed by atoms with E-state index in [4.69, 9.17) is 16.9 Å². The van der Waals surface area contributed by atoms with Gasteiger partial charge in [0.05, 0.1) is 12.4 Å². The average molecular weight is 581 g/mol. The molecule has 218 valence electrons. The monoisotopic (exact) mass is 580 g/mol. The summed E-state index contributed by atoms with van der Waals surface area (Å²) in [5, 5.41) is 22.7. The van der Waals surface area contributed by atoms with Gasteiger partial charge < -0.3 is 27.2 Å². The van der Waals surface area contributed by atoms with Crippen LogP contribution in [0.3, 0.4) is 0 Å². The second kappa shape index (κ2) is 15.1. The molecule has 0 aliphatic heterocycles. The first-order valence-electron chi connectivity index (χ1n) is 13.0. The summed E-state index contributed by atoms with van der Waals surface area (Å²) in [7, 11) is -3.97. The third-order valence-corrected chi connectivity index (χ3v) is 7.69. The highest BCUT2D eigenvalue weighted by Crippen LogP contribution is 2.11. The maximum Gasteiger partial charge on any atom is 0.242 e. The Bertz CT molecular complexity index is 1430. The van der Waals surface area contributed by atoms with Crippen LogP contribution < -0.4 is 26.8 Å². The number of hydrogen-bond donors (Lipinski definition) is 7. The Labute approximate surface area is 239 Å². The van der Waals surface area contributed by atoms with Crippen LogP contribution in [0.25, 0.3) is 0 Å². The fourth-order valence-corrected chi connectivity index (χ4v) is 5.43. The number of aliphatic hydroxyl groups is 1. The number of hydrogen-bond acceptors (Lipinski definition) is 7. The topological polar surface area (TPSA) is 200 Å². The second-order valence-corrected chi connectivity index (χ2v) is 11.3. The standard InChI is InChI=1S/C29H36N6O5S/c30-16-23-8-4-7-20(15-23)11-14-25(28(37)33-17-21-9-12-24(13-10-21)27(31)32)34-29(38)26(18-36)35-41(39,40)19-22-5-2-1-3-6-22/h1-10,12-13,15,25-26,35-36H,11,14,16-19,30H2,(H3,31,32)(H,33,37)(H,34,38). The van der Waals surface area contributed by atoms with Crippen molar-refractivity contribution in [2.24, 2.45) is 11.5 Å². The molecule has 0 aliphatic rings. The SMILES string of the molecule is N=C(N)c1ccc(CNC(=O)C(CCc2cccc(CN)c2)NC(=O)C(CO)NS(=O)(=O)Cc2ccccc2)cc1. The molecule has 3 rings (SSSR count). The Hall–Kier alpha value is -4.10. The Morgan fingerprint density at radius 1 is 0.854 bits per heavy atom. The van der Waals surface area contributed by atoms with E-state index in [0.29, 0.717) is 24.1 Å². The van der Waals surface area contributed by atoms with E-state index >= 15 is 0 Å². The van der Waals surface area contributed by atoms with Crippen molar-refractivity contribution in [3.05, 3.63) is 107 Å². The molecule has 12 heteroatoms. The summed E-state index contributed by atoms with van der Waals surface area (Å²) in [4.78, 5) is 26.3. The average Bonchev–Trinajstić information content (AvgIpc) is 2.97. The van der Waals surface area contributed by atoms with Gasteiger partial charge in [0.2, 0.25) is 21.8 Å². The van der Waals surface area contributed by atoms with Gasteiger partial charge in [0.15, 0.2) is 0 Å². The molecule has 0 bridgehead atoms. The number of aryl methyl sites for hydroxylation is 1. The first-order valence-corrected chi connectivity index (χ1v) is 14.7. The molecule has 41 heavy (non-hydrogen) atoms. The third kappa shape index (κ3) is 10.1. The molecule has 2 atom stereocenters. The molecule has 0 aliphatic carbocycles. The quantitative estimate of drug-likeness (QED) is 0.101. The molecule has 0 saturated carbocycles. The Balaban J connectivity index is 1.70. The van der Waals surface area contributed by atoms with Crippen molar-refractivity contribution in [1.29, 1.82) is 5.41 Å². The first-order chi connectivity index (χ1) is 19.6. The molecule has 2 amide bonds. The Kier molecular flexibility index (Phi) is 11.5. The molecule has 0 aromatic heterocycles. The Morgan fingerprint density at radius 2 is 1.51 bits per heavy atom. The number of rotatable bonds is 15. The molecule has 0 radical (unpaired) electrons. The van der Waals surface area contributed by atoms with Crippen molar-refractivity contribution >= 4 is 27.7 Å². The number of amidine groups is 1. The summed E-state index contributed by atoms with van der Waals surface area (Å²) in [6.45, 7) is -0.285. The molecule has 3 aromatic rings. The number of nitrogens with two attached hydrogens (primary N) is 2. The summed E-state index contributed by atoms with van der Waals surface area (Å²) >= 11 is 0. The number of nitrogens with one attached hydrogen (secondary N) is 4. The highest BCUT2D eigenvalue weighted by atomic mass is 32.2. The van der Waals surface area contributed by atoms with Crippen LogP contribution in [0.2, 0.25) is 0 Å². The predicted octanol–water partition coefficient (Wildman–Crippen LogP) is 0.644. The molecule has 9 N–H and O–H groups in total. The van der Waals surface area contributed by atoms with Crippen LogP contribution >= 0.6 is 0 Å². The van der Waals surface area contributed by atoms with Crippen LogP contribution in [-0.2, 0) is 44.9 Å². The van der Waals surface area contributed by atoms with Crippen LogP contribution in [0.4, 0.5) is 0 Å². The fourth-order valence-electron chi connectivity index (χ4n) is 4.10. The lowest BCUT2D eigenvalue weighted by Crippen LogP contribution is -2.55. The first kappa shape index (κ1) is 31.4. The largest absolute Gasteiger partial charge is 0.394 e. The molecule has 11 nitrogen and oxygen atoms in total. The van der Waals surface area contributed by atoms with Gasteiger partial charge in [0, 0.05) is 18.7 Å². The van der Waals surface area contributed by atoms with Crippen molar-refractivity contribution in [3.8, 4) is 0 Å². The van der Waals surface area contributed by atoms with E-state index in [1.807, 2.05) is 24.3 Å². The van der Waals surface area contributed by atoms with E-state index < -0.39 is 40.5 Å². The highest BCUT2D eigenvalue weighted by molar-refractivity contribution is 7.88. The number of aliphatic hydroxyl groups excluding tert-OH is 1. The lowest BCUT2D eigenvalue weighted by Gasteiger charge is -2.22. The minimum Gasteiger partial charge on any atom is -0.394 e. The molecule has 2 unspecified atom stereocenters. The molecule has 0 spiro atoms. The van der Waals surface area contributed by atoms with Gasteiger partial charge in [-0.05, 0) is 35.1 Å². The van der Waals surface area contributed by atoms with Gasteiger partial charge in [-0.25, -0.2) is 13.1 Å². The van der Waals surface area contributed by atoms with Gasteiger partial charge in [0.25, 0.3) is 0 Å². The molecule has 0 heterocycles. The van der Waals surface area contributed by atoms with Gasteiger partial charge in [-0.3, -0.25) is 15.0 Å². The van der Waals surface area contributed by atoms with Crippen LogP contribution in [0.15, 0.2) is 78.9 Å². The molecule has 0 saturated heterocycles. The summed E-state index contributed by atoms with van der Waals surface area (Å²) in [6.07, 6.45) is 0.646. The maximum absolute atomic E-state index is 13.2. The normalized spacial score (nSPS) is 12.7. The van der Waals surface area contributed by atoms with E-state index in [1.165, 1.54) is 0 Å². The zero-order valence-corrected chi connectivity index (χ0v) is 23.4. The summed E-state index contributed by atoms with van der Waals surface area (Å²) in [6, 6.07) is 20.3. The Morgan fingerprint density at radius 3 is 2.15 bits per heavy atom. The van der Waals surface area contributed by atoms with Crippen molar-refractivity contribution in [3.63, 3.8) is 0 Å². The maximum atomic E-state index is 13.2. The lowest BCUT2D eigenvalue weighted by atomic mass is 10.0. The van der Waals surface area contributed by atoms with Gasteiger partial charge in [-0.15, -0.1) is 0 Å². The fraction of sp³-hybridized carbons (Fsp3) is 0.276. The number of sulfonamides is 1. The van der Waals surface area contributed by atoms with Crippen molar-refractivity contribution in [2.45, 2.75) is 43.8 Å². The van der Waals surface area contributed by atoms with Crippen molar-refractivity contribution in [1.82, 2.24) is 15.4 Å². The number of amides is 2. The lowest BCUT2D eigenvalue weighted by molar-refractivity contribution is -0.130. The number of benzene rings is 3. The van der Waals surface area contributed by atoms with E-state index in [-0.39, 0.29) is 24.6 Å². The predicted molar refractivity (Wildman–Crippen MR) is 157 cm³/mol. The van der Waals surface area contributed by atoms with Crippen molar-refractivity contribution in [2.75, 3.05) is 6.61 Å². The molecular weight excluding hydrogens is 544 g/mol. The van der Waals surface area contributed by atoms with Crippen LogP contribution in [0.1, 0.15) is 34.2 Å². The summed E-state index contributed by atoms with van der Waals surface area (Å²) < 4.78 is 27.6. The van der Waals surface area contributed by atoms with Gasteiger partial charge in [-0.1, -0.05) is 78.9 Å². The van der Waals surface area contributed by atoms with E-state index in [0.717, 1.165) is 16.7 Å². The van der Waals surface area contributed by atoms with Crippen molar-refractivity contribution < 1.29 is 23.1 Å². The van der Waals surface area contributed by atoms with E-state index in [9.17, 15) is 23.1 Å². The number of nitrogen functional groups attached to an aromatic ring is 1. The van der Waals surface area contributed by atoms with Crippen LogP contribution in [0.5, 0.6) is 0 Å². The van der Waals surface area contributed by atoms with Gasteiger partial charge in [0.1, 0.15) is 17.9 Å². The van der Waals surface area contributed by atoms with Crippen LogP contribution in [0, 0.1) is 5.41 Å². The number of carbonyl (C=O) groups excluding carboxylic acids is 2. The minimum atomic E-state index is -3.97. The van der Waals surface area contributed by atoms with E-state index in [2.05, 4.69) is 15.4 Å². The molecule has 3 aromatic carbocycles. The van der Waals surface area contributed by atoms with E-state index in [1.54, 1.807) is 54.6 Å². The number of carbonyl (C=O) groups is 2. The highest BCUT2D eigenvalue weighted by Gasteiger charge is 2.28. The zero-order chi connectivity index (χ0) is 29.8. The molecular formula is C29H36N6O5S. The van der Waals surface area contributed by atoms with Crippen LogP contribution in [-0.4, -0.2) is 49.9 Å². The molecule has 0 fully saturated rings. The zero-order valence-electron chi connectivity index (χ0n) is 22.5. The van der Waals surface area contributed by atoms with Gasteiger partial charge >= 0.3 is 0 Å². The summed E-state index contributed by atoms with van der Waals surface area (Å²) in [5.41, 5.74) is 14.9. The minimum absolute atomic E-state index is 0.0695. The second-order valence-electron chi connectivity index (χ2n) is 9.55. The smallest absolute Gasteiger partial charge is 0.242 e. The third-order valence-electron chi connectivity index (χ3n) is 6.33. The summed E-state index contributed by atoms with van der Waals surface area (Å²) in [5.74, 6) is -1.75. The van der Waals surface area contributed by atoms with Gasteiger partial charge in [-0.2, -0.15) is 0 Å².